The van der Waals surface area contributed by atoms with Gasteiger partial charge in [-0.1, -0.05) is 36.4 Å². The van der Waals surface area contributed by atoms with Crippen molar-refractivity contribution in [3.63, 3.8) is 0 Å². The molecule has 0 N–H and O–H groups in total. The monoisotopic (exact) mass is 411 g/mol. The van der Waals surface area contributed by atoms with E-state index in [1.807, 2.05) is 59.5 Å². The molecule has 154 valence electrons. The van der Waals surface area contributed by atoms with Crippen LogP contribution in [0.1, 0.15) is 50.7 Å². The summed E-state index contributed by atoms with van der Waals surface area (Å²) in [6.45, 7) is 1.79. The molecule has 3 aromatic rings. The number of rotatable bonds is 2. The van der Waals surface area contributed by atoms with Gasteiger partial charge in [0.2, 0.25) is 0 Å². The van der Waals surface area contributed by atoms with Crippen LogP contribution in [-0.4, -0.2) is 36.3 Å². The molecule has 1 aliphatic carbocycles. The van der Waals surface area contributed by atoms with Crippen molar-refractivity contribution < 1.29 is 19.1 Å². The van der Waals surface area contributed by atoms with Crippen LogP contribution in [0.15, 0.2) is 60.7 Å². The highest BCUT2D eigenvalue weighted by Gasteiger charge is 2.33. The fourth-order valence-electron chi connectivity index (χ4n) is 4.95. The molecular weight excluding hydrogens is 390 g/mol. The van der Waals surface area contributed by atoms with Crippen molar-refractivity contribution in [2.24, 2.45) is 0 Å². The lowest BCUT2D eigenvalue weighted by atomic mass is 10.0. The van der Waals surface area contributed by atoms with Gasteiger partial charge in [0, 0.05) is 23.2 Å². The number of amides is 1. The molecule has 0 aromatic heterocycles. The van der Waals surface area contributed by atoms with Gasteiger partial charge in [0.1, 0.15) is 13.2 Å². The number of benzene rings is 3. The molecule has 3 aliphatic rings. The normalized spacial score (nSPS) is 18.6. The van der Waals surface area contributed by atoms with Gasteiger partial charge in [-0.3, -0.25) is 9.59 Å². The van der Waals surface area contributed by atoms with Crippen molar-refractivity contribution in [1.82, 2.24) is 4.90 Å². The third-order valence-corrected chi connectivity index (χ3v) is 6.44. The number of nitrogens with zero attached hydrogens (tertiary/aromatic N) is 1. The van der Waals surface area contributed by atoms with Crippen LogP contribution in [0, 0.1) is 0 Å². The number of hydrogen-bond acceptors (Lipinski definition) is 4. The fraction of sp³-hybridized carbons (Fsp3) is 0.231. The summed E-state index contributed by atoms with van der Waals surface area (Å²) in [6, 6.07) is 19.0. The maximum atomic E-state index is 13.5. The molecule has 2 heterocycles. The zero-order valence-electron chi connectivity index (χ0n) is 17.0. The zero-order valence-corrected chi connectivity index (χ0v) is 17.0. The molecule has 0 bridgehead atoms. The molecule has 1 fully saturated rings. The average Bonchev–Trinajstić information content (AvgIpc) is 3.42. The predicted octanol–water partition coefficient (Wildman–Crippen LogP) is 4.65. The fourth-order valence-corrected chi connectivity index (χ4v) is 4.95. The summed E-state index contributed by atoms with van der Waals surface area (Å²) in [5.41, 5.74) is 4.78. The molecule has 1 unspecified atom stereocenters. The Labute approximate surface area is 180 Å². The van der Waals surface area contributed by atoms with Gasteiger partial charge < -0.3 is 14.4 Å². The van der Waals surface area contributed by atoms with E-state index in [-0.39, 0.29) is 17.7 Å². The van der Waals surface area contributed by atoms with Crippen LogP contribution in [0.25, 0.3) is 11.1 Å². The summed E-state index contributed by atoms with van der Waals surface area (Å²) < 4.78 is 11.4. The molecule has 0 radical (unpaired) electrons. The minimum atomic E-state index is -0.0380. The lowest BCUT2D eigenvalue weighted by Crippen LogP contribution is -2.30. The zero-order chi connectivity index (χ0) is 20.9. The molecule has 31 heavy (non-hydrogen) atoms. The molecule has 1 saturated heterocycles. The SMILES string of the molecule is O=C1c2ccccc2-c2ccc(C(=O)N3CCCC3c3ccc4c(c3)OCCO4)cc21. The van der Waals surface area contributed by atoms with Crippen molar-refractivity contribution in [2.45, 2.75) is 18.9 Å². The smallest absolute Gasteiger partial charge is 0.254 e. The highest BCUT2D eigenvalue weighted by Crippen LogP contribution is 2.40. The quantitative estimate of drug-likeness (QED) is 0.482. The van der Waals surface area contributed by atoms with Gasteiger partial charge in [-0.05, 0) is 53.8 Å². The van der Waals surface area contributed by atoms with Crippen molar-refractivity contribution in [1.29, 1.82) is 0 Å². The van der Waals surface area contributed by atoms with Crippen LogP contribution < -0.4 is 9.47 Å². The maximum Gasteiger partial charge on any atom is 0.254 e. The average molecular weight is 411 g/mol. The molecule has 3 aromatic carbocycles. The first-order chi connectivity index (χ1) is 15.2. The van der Waals surface area contributed by atoms with Gasteiger partial charge in [-0.2, -0.15) is 0 Å². The van der Waals surface area contributed by atoms with E-state index in [4.69, 9.17) is 9.47 Å². The number of ether oxygens (including phenoxy) is 2. The van der Waals surface area contributed by atoms with E-state index >= 15 is 0 Å². The summed E-state index contributed by atoms with van der Waals surface area (Å²) in [6.07, 6.45) is 1.85. The second kappa shape index (κ2) is 6.98. The molecule has 2 aliphatic heterocycles. The van der Waals surface area contributed by atoms with Gasteiger partial charge in [-0.25, -0.2) is 0 Å². The standard InChI is InChI=1S/C26H21NO4/c28-25-20-5-2-1-4-18(20)19-9-7-17(14-21(19)25)26(29)27-11-3-6-22(27)16-8-10-23-24(15-16)31-13-12-30-23/h1-2,4-5,7-10,14-15,22H,3,6,11-13H2. The highest BCUT2D eigenvalue weighted by molar-refractivity contribution is 6.22. The van der Waals surface area contributed by atoms with Crippen molar-refractivity contribution in [2.75, 3.05) is 19.8 Å². The Balaban J connectivity index is 1.31. The summed E-state index contributed by atoms with van der Waals surface area (Å²) in [4.78, 5) is 28.2. The minimum Gasteiger partial charge on any atom is -0.486 e. The molecule has 1 amide bonds. The molecule has 0 saturated carbocycles. The molecule has 6 rings (SSSR count). The summed E-state index contributed by atoms with van der Waals surface area (Å²) in [7, 11) is 0. The summed E-state index contributed by atoms with van der Waals surface area (Å²) in [5, 5.41) is 0. The second-order valence-corrected chi connectivity index (χ2v) is 8.19. The van der Waals surface area contributed by atoms with Crippen LogP contribution in [0.2, 0.25) is 0 Å². The van der Waals surface area contributed by atoms with E-state index in [2.05, 4.69) is 0 Å². The van der Waals surface area contributed by atoms with E-state index in [1.54, 1.807) is 6.07 Å². The number of carbonyl (C=O) groups excluding carboxylic acids is 2. The van der Waals surface area contributed by atoms with E-state index in [0.717, 1.165) is 41.0 Å². The second-order valence-electron chi connectivity index (χ2n) is 8.19. The number of fused-ring (bicyclic) bond motifs is 4. The van der Waals surface area contributed by atoms with E-state index in [0.29, 0.717) is 36.4 Å². The number of hydrogen-bond donors (Lipinski definition) is 0. The lowest BCUT2D eigenvalue weighted by molar-refractivity contribution is 0.0735. The number of likely N-dealkylation sites (tertiary alicyclic amines) is 1. The Kier molecular flexibility index (Phi) is 4.10. The third-order valence-electron chi connectivity index (χ3n) is 6.44. The van der Waals surface area contributed by atoms with Crippen molar-refractivity contribution >= 4 is 11.7 Å². The van der Waals surface area contributed by atoms with Gasteiger partial charge in [-0.15, -0.1) is 0 Å². The Morgan fingerprint density at radius 2 is 1.61 bits per heavy atom. The van der Waals surface area contributed by atoms with Crippen LogP contribution >= 0.6 is 0 Å². The van der Waals surface area contributed by atoms with E-state index in [9.17, 15) is 9.59 Å². The van der Waals surface area contributed by atoms with Gasteiger partial charge in [0.05, 0.1) is 6.04 Å². The number of ketones is 1. The Morgan fingerprint density at radius 3 is 2.48 bits per heavy atom. The molecule has 5 nitrogen and oxygen atoms in total. The summed E-state index contributed by atoms with van der Waals surface area (Å²) >= 11 is 0. The van der Waals surface area contributed by atoms with Crippen molar-refractivity contribution in [3.8, 4) is 22.6 Å². The van der Waals surface area contributed by atoms with E-state index < -0.39 is 0 Å². The lowest BCUT2D eigenvalue weighted by Gasteiger charge is -2.27. The first-order valence-electron chi connectivity index (χ1n) is 10.7. The van der Waals surface area contributed by atoms with Crippen LogP contribution in [0.4, 0.5) is 0 Å². The first-order valence-corrected chi connectivity index (χ1v) is 10.7. The van der Waals surface area contributed by atoms with Crippen LogP contribution in [-0.2, 0) is 0 Å². The largest absolute Gasteiger partial charge is 0.486 e. The highest BCUT2D eigenvalue weighted by atomic mass is 16.6. The topological polar surface area (TPSA) is 55.8 Å². The van der Waals surface area contributed by atoms with Gasteiger partial charge in [0.25, 0.3) is 5.91 Å². The maximum absolute atomic E-state index is 13.5. The van der Waals surface area contributed by atoms with Crippen LogP contribution in [0.5, 0.6) is 11.5 Å². The van der Waals surface area contributed by atoms with E-state index in [1.165, 1.54) is 0 Å². The molecule has 0 spiro atoms. The Hall–Kier alpha value is -3.60. The minimum absolute atomic E-state index is 0.00921. The summed E-state index contributed by atoms with van der Waals surface area (Å²) in [5.74, 6) is 1.44. The Bertz CT molecular complexity index is 1230. The molecule has 5 heteroatoms. The number of carbonyl (C=O) groups is 2. The Morgan fingerprint density at radius 1 is 0.839 bits per heavy atom. The van der Waals surface area contributed by atoms with Gasteiger partial charge in [0.15, 0.2) is 17.3 Å². The third kappa shape index (κ3) is 2.84. The molecular formula is C26H21NO4. The van der Waals surface area contributed by atoms with Gasteiger partial charge >= 0.3 is 0 Å². The first kappa shape index (κ1) is 18.2. The molecule has 1 atom stereocenters. The predicted molar refractivity (Wildman–Crippen MR) is 116 cm³/mol. The van der Waals surface area contributed by atoms with Crippen LogP contribution in [0.3, 0.4) is 0 Å². The van der Waals surface area contributed by atoms with Crippen molar-refractivity contribution in [3.05, 3.63) is 82.9 Å².